The molecule has 0 bridgehead atoms. The number of fused-ring (bicyclic) bond motifs is 1. The second-order valence-electron chi connectivity index (χ2n) is 8.05. The van der Waals surface area contributed by atoms with Gasteiger partial charge in [-0.25, -0.2) is 33.3 Å². The first kappa shape index (κ1) is 25.3. The van der Waals surface area contributed by atoms with Gasteiger partial charge in [0, 0.05) is 27.9 Å². The summed E-state index contributed by atoms with van der Waals surface area (Å²) in [6.45, 7) is 1.93. The average Bonchev–Trinajstić information content (AvgIpc) is 3.10. The Morgan fingerprint density at radius 1 is 1.22 bits per heavy atom. The first-order valence-electron chi connectivity index (χ1n) is 10.9. The molecule has 0 fully saturated rings. The molecule has 1 aromatic carbocycles. The predicted molar refractivity (Wildman–Crippen MR) is 135 cm³/mol. The van der Waals surface area contributed by atoms with Crippen LogP contribution in [0.5, 0.6) is 0 Å². The zero-order valence-corrected chi connectivity index (χ0v) is 20.7. The van der Waals surface area contributed by atoms with Crippen LogP contribution in [0.2, 0.25) is 5.02 Å². The topological polar surface area (TPSA) is 154 Å². The number of benzene rings is 1. The molecule has 1 amide bonds. The van der Waals surface area contributed by atoms with Gasteiger partial charge in [-0.1, -0.05) is 29.8 Å². The summed E-state index contributed by atoms with van der Waals surface area (Å²) in [4.78, 5) is 56.3. The Hall–Kier alpha value is -3.77. The number of amides is 1. The van der Waals surface area contributed by atoms with Gasteiger partial charge in [-0.15, -0.1) is 11.8 Å². The van der Waals surface area contributed by atoms with Crippen LogP contribution in [0.4, 0.5) is 5.82 Å². The number of nitrogens with two attached hydrogens (primary N) is 1. The second-order valence-corrected chi connectivity index (χ2v) is 9.58. The van der Waals surface area contributed by atoms with Crippen molar-refractivity contribution in [2.24, 2.45) is 0 Å². The Morgan fingerprint density at radius 3 is 2.61 bits per heavy atom. The highest BCUT2D eigenvalue weighted by Gasteiger charge is 2.33. The number of nitrogen functional groups attached to an aromatic ring is 1. The van der Waals surface area contributed by atoms with Crippen LogP contribution in [0.1, 0.15) is 23.3 Å². The molecule has 3 heterocycles. The van der Waals surface area contributed by atoms with Crippen molar-refractivity contribution in [3.05, 3.63) is 85.8 Å². The van der Waals surface area contributed by atoms with Gasteiger partial charge >= 0.3 is 17.3 Å². The lowest BCUT2D eigenvalue weighted by Gasteiger charge is -2.20. The maximum absolute atomic E-state index is 13.3. The molecule has 0 saturated heterocycles. The SMILES string of the molecule is Cc1nc(N)ccc1CNC(=O)C1C=CCn2c(=O)n(C(CSc3ccc(Cl)cc3)C(=O)O)c(=O)n21. The number of carbonyl (C=O) groups is 2. The Labute approximate surface area is 214 Å². The Morgan fingerprint density at radius 2 is 1.94 bits per heavy atom. The number of allylic oxidation sites excluding steroid dienone is 1. The lowest BCUT2D eigenvalue weighted by Crippen LogP contribution is -2.41. The minimum atomic E-state index is -1.44. The van der Waals surface area contributed by atoms with Gasteiger partial charge in [0.25, 0.3) is 0 Å². The minimum Gasteiger partial charge on any atom is -0.480 e. The first-order valence-corrected chi connectivity index (χ1v) is 12.2. The number of rotatable bonds is 8. The summed E-state index contributed by atoms with van der Waals surface area (Å²) < 4.78 is 2.76. The molecule has 0 spiro atoms. The maximum atomic E-state index is 13.3. The Kier molecular flexibility index (Phi) is 7.36. The standard InChI is InChI=1S/C23H23ClN6O5S/c1-13-14(4-9-19(25)27-13)11-26-20(31)17-3-2-10-28-22(34)29(23(35)30(17)28)18(21(32)33)12-36-16-7-5-15(24)6-8-16/h2-9,17-18H,10-12H2,1H3,(H2,25,27)(H,26,31)(H,32,33). The largest absolute Gasteiger partial charge is 0.480 e. The van der Waals surface area contributed by atoms with E-state index in [0.29, 0.717) is 21.1 Å². The molecule has 4 N–H and O–H groups in total. The normalized spacial score (nSPS) is 15.3. The molecule has 3 aromatic rings. The summed E-state index contributed by atoms with van der Waals surface area (Å²) in [7, 11) is 0. The van der Waals surface area contributed by atoms with Crippen molar-refractivity contribution in [3.63, 3.8) is 0 Å². The van der Waals surface area contributed by atoms with E-state index in [-0.39, 0.29) is 18.8 Å². The maximum Gasteiger partial charge on any atom is 0.349 e. The number of pyridine rings is 1. The molecule has 36 heavy (non-hydrogen) atoms. The van der Waals surface area contributed by atoms with E-state index in [1.807, 2.05) is 0 Å². The zero-order chi connectivity index (χ0) is 26.0. The zero-order valence-electron chi connectivity index (χ0n) is 19.1. The lowest BCUT2D eigenvalue weighted by atomic mass is 10.2. The summed E-state index contributed by atoms with van der Waals surface area (Å²) in [5, 5.41) is 13.1. The molecule has 0 radical (unpaired) electrons. The number of carbonyl (C=O) groups excluding carboxylic acids is 1. The number of hydrogen-bond donors (Lipinski definition) is 3. The van der Waals surface area contributed by atoms with Crippen LogP contribution in [0, 0.1) is 6.92 Å². The van der Waals surface area contributed by atoms with Crippen molar-refractivity contribution in [2.45, 2.75) is 37.0 Å². The van der Waals surface area contributed by atoms with Gasteiger partial charge in [0.15, 0.2) is 6.04 Å². The number of aryl methyl sites for hydroxylation is 1. The molecule has 188 valence electrons. The number of nitrogens with one attached hydrogen (secondary N) is 1. The van der Waals surface area contributed by atoms with Gasteiger partial charge in [-0.2, -0.15) is 0 Å². The molecule has 2 aromatic heterocycles. The highest BCUT2D eigenvalue weighted by atomic mass is 35.5. The number of halogens is 1. The fraction of sp³-hybridized carbons (Fsp3) is 0.261. The molecule has 4 rings (SSSR count). The molecule has 0 saturated carbocycles. The molecule has 11 nitrogen and oxygen atoms in total. The number of carboxylic acid groups (broad SMARTS) is 1. The highest BCUT2D eigenvalue weighted by Crippen LogP contribution is 2.24. The van der Waals surface area contributed by atoms with Gasteiger partial charge in [-0.3, -0.25) is 4.79 Å². The first-order chi connectivity index (χ1) is 17.2. The summed E-state index contributed by atoms with van der Waals surface area (Å²) in [5.74, 6) is -1.59. The van der Waals surface area contributed by atoms with Gasteiger partial charge in [-0.05, 0) is 42.8 Å². The average molecular weight is 531 g/mol. The molecule has 2 atom stereocenters. The van der Waals surface area contributed by atoms with E-state index < -0.39 is 35.3 Å². The van der Waals surface area contributed by atoms with Crippen molar-refractivity contribution in [1.82, 2.24) is 24.2 Å². The smallest absolute Gasteiger partial charge is 0.349 e. The summed E-state index contributed by atoms with van der Waals surface area (Å²) >= 11 is 7.06. The number of anilines is 1. The van der Waals surface area contributed by atoms with Gasteiger partial charge in [0.1, 0.15) is 11.9 Å². The third kappa shape index (κ3) is 5.09. The van der Waals surface area contributed by atoms with Crippen molar-refractivity contribution < 1.29 is 14.7 Å². The number of carboxylic acids is 1. The van der Waals surface area contributed by atoms with Gasteiger partial charge in [0.2, 0.25) is 5.91 Å². The molecular formula is C23H23ClN6O5S. The van der Waals surface area contributed by atoms with Gasteiger partial charge < -0.3 is 16.2 Å². The van der Waals surface area contributed by atoms with E-state index in [2.05, 4.69) is 10.3 Å². The van der Waals surface area contributed by atoms with E-state index in [9.17, 15) is 24.3 Å². The third-order valence-electron chi connectivity index (χ3n) is 5.71. The molecule has 2 unspecified atom stereocenters. The van der Waals surface area contributed by atoms with Crippen LogP contribution in [0.3, 0.4) is 0 Å². The quantitative estimate of drug-likeness (QED) is 0.293. The lowest BCUT2D eigenvalue weighted by molar-refractivity contribution is -0.140. The molecule has 0 aliphatic carbocycles. The summed E-state index contributed by atoms with van der Waals surface area (Å²) in [6, 6.07) is 7.55. The minimum absolute atomic E-state index is 0.0303. The molecule has 1 aliphatic rings. The van der Waals surface area contributed by atoms with Crippen molar-refractivity contribution >= 4 is 41.1 Å². The fourth-order valence-electron chi connectivity index (χ4n) is 3.83. The monoisotopic (exact) mass is 530 g/mol. The van der Waals surface area contributed by atoms with Crippen LogP contribution in [-0.4, -0.2) is 41.7 Å². The number of thioether (sulfide) groups is 1. The van der Waals surface area contributed by atoms with Crippen molar-refractivity contribution in [2.75, 3.05) is 11.5 Å². The van der Waals surface area contributed by atoms with Crippen LogP contribution < -0.4 is 22.4 Å². The van der Waals surface area contributed by atoms with E-state index in [1.54, 1.807) is 49.4 Å². The summed E-state index contributed by atoms with van der Waals surface area (Å²) in [6.07, 6.45) is 3.09. The fourth-order valence-corrected chi connectivity index (χ4v) is 4.93. The van der Waals surface area contributed by atoms with E-state index >= 15 is 0 Å². The highest BCUT2D eigenvalue weighted by molar-refractivity contribution is 7.99. The van der Waals surface area contributed by atoms with Crippen molar-refractivity contribution in [1.29, 1.82) is 0 Å². The molecule has 13 heteroatoms. The van der Waals surface area contributed by atoms with Crippen LogP contribution in [0.25, 0.3) is 0 Å². The number of aromatic nitrogens is 4. The van der Waals surface area contributed by atoms with E-state index in [0.717, 1.165) is 19.8 Å². The van der Waals surface area contributed by atoms with Crippen LogP contribution in [0.15, 0.2) is 63.0 Å². The summed E-state index contributed by atoms with van der Waals surface area (Å²) in [5.41, 5.74) is 5.38. The van der Waals surface area contributed by atoms with Crippen molar-refractivity contribution in [3.8, 4) is 0 Å². The third-order valence-corrected chi connectivity index (χ3v) is 7.05. The Balaban J connectivity index is 1.59. The molecular weight excluding hydrogens is 508 g/mol. The van der Waals surface area contributed by atoms with Crippen LogP contribution >= 0.6 is 23.4 Å². The van der Waals surface area contributed by atoms with E-state index in [4.69, 9.17) is 17.3 Å². The van der Waals surface area contributed by atoms with E-state index in [1.165, 1.54) is 17.8 Å². The molecule has 1 aliphatic heterocycles. The predicted octanol–water partition coefficient (Wildman–Crippen LogP) is 1.60. The Bertz CT molecular complexity index is 1460. The number of nitrogens with zero attached hydrogens (tertiary/aromatic N) is 4. The van der Waals surface area contributed by atoms with Gasteiger partial charge in [0.05, 0.1) is 6.54 Å². The number of aliphatic carboxylic acids is 1. The second kappa shape index (κ2) is 10.5. The van der Waals surface area contributed by atoms with Crippen LogP contribution in [-0.2, 0) is 22.7 Å². The number of hydrogen-bond acceptors (Lipinski definition) is 7.